The van der Waals surface area contributed by atoms with Crippen molar-refractivity contribution in [2.24, 2.45) is 5.92 Å². The number of hydrogen-bond acceptors (Lipinski definition) is 4. The predicted molar refractivity (Wildman–Crippen MR) is 83.9 cm³/mol. The number of alkyl halides is 3. The van der Waals surface area contributed by atoms with Crippen molar-refractivity contribution in [2.75, 3.05) is 33.4 Å². The summed E-state index contributed by atoms with van der Waals surface area (Å²) in [5.74, 6) is -0.570. The van der Waals surface area contributed by atoms with Crippen molar-refractivity contribution in [3.05, 3.63) is 29.8 Å². The third-order valence-corrected chi connectivity index (χ3v) is 4.15. The van der Waals surface area contributed by atoms with E-state index in [4.69, 9.17) is 9.47 Å². The van der Waals surface area contributed by atoms with E-state index in [0.29, 0.717) is 19.6 Å². The minimum Gasteiger partial charge on any atom is -0.497 e. The molecule has 0 unspecified atom stereocenters. The van der Waals surface area contributed by atoms with Crippen LogP contribution in [0.25, 0.3) is 0 Å². The van der Waals surface area contributed by atoms with Crippen molar-refractivity contribution in [3.63, 3.8) is 0 Å². The van der Waals surface area contributed by atoms with Gasteiger partial charge >= 0.3 is 6.18 Å². The van der Waals surface area contributed by atoms with Crippen molar-refractivity contribution >= 4 is 0 Å². The molecule has 1 aromatic carbocycles. The highest BCUT2D eigenvalue weighted by molar-refractivity contribution is 5.27. The highest BCUT2D eigenvalue weighted by Crippen LogP contribution is 2.33. The van der Waals surface area contributed by atoms with Gasteiger partial charge in [-0.05, 0) is 37.1 Å². The molecule has 2 atom stereocenters. The maximum Gasteiger partial charge on any atom is 0.393 e. The van der Waals surface area contributed by atoms with Crippen LogP contribution < -0.4 is 4.74 Å². The molecule has 7 heteroatoms. The van der Waals surface area contributed by atoms with Crippen molar-refractivity contribution < 1.29 is 27.8 Å². The molecule has 0 spiro atoms. The van der Waals surface area contributed by atoms with Gasteiger partial charge in [-0.15, -0.1) is 0 Å². The molecule has 1 fully saturated rings. The summed E-state index contributed by atoms with van der Waals surface area (Å²) in [6.45, 7) is 1.14. The fourth-order valence-corrected chi connectivity index (χ4v) is 2.91. The Morgan fingerprint density at radius 1 is 1.38 bits per heavy atom. The van der Waals surface area contributed by atoms with E-state index in [9.17, 15) is 18.3 Å². The van der Waals surface area contributed by atoms with E-state index in [2.05, 4.69) is 0 Å². The van der Waals surface area contributed by atoms with Crippen LogP contribution in [0.1, 0.15) is 18.4 Å². The molecule has 0 radical (unpaired) electrons. The molecule has 0 aliphatic carbocycles. The Balaban J connectivity index is 1.72. The molecule has 1 saturated heterocycles. The molecule has 0 bridgehead atoms. The van der Waals surface area contributed by atoms with Gasteiger partial charge in [0.05, 0.1) is 32.3 Å². The molecule has 1 N–H and O–H groups in total. The van der Waals surface area contributed by atoms with Crippen molar-refractivity contribution in [1.29, 1.82) is 0 Å². The monoisotopic (exact) mass is 347 g/mol. The van der Waals surface area contributed by atoms with E-state index in [1.807, 2.05) is 24.3 Å². The maximum absolute atomic E-state index is 12.8. The Bertz CT molecular complexity index is 510. The van der Waals surface area contributed by atoms with Crippen LogP contribution in [0, 0.1) is 5.92 Å². The summed E-state index contributed by atoms with van der Waals surface area (Å²) in [4.78, 5) is 1.67. The first kappa shape index (κ1) is 19.0. The first-order valence-electron chi connectivity index (χ1n) is 8.06. The Kier molecular flexibility index (Phi) is 6.89. The number of rotatable bonds is 7. The topological polar surface area (TPSA) is 41.9 Å². The number of likely N-dealkylation sites (tertiary alicyclic amines) is 1. The molecule has 1 aliphatic rings. The van der Waals surface area contributed by atoms with Crippen LogP contribution in [0.2, 0.25) is 0 Å². The van der Waals surface area contributed by atoms with E-state index >= 15 is 0 Å². The molecule has 0 saturated carbocycles. The Labute approximate surface area is 140 Å². The normalized spacial score (nSPS) is 20.8. The largest absolute Gasteiger partial charge is 0.497 e. The minimum atomic E-state index is -4.16. The fourth-order valence-electron chi connectivity index (χ4n) is 2.91. The van der Waals surface area contributed by atoms with Crippen LogP contribution in [-0.2, 0) is 11.3 Å². The third-order valence-electron chi connectivity index (χ3n) is 4.15. The summed E-state index contributed by atoms with van der Waals surface area (Å²) in [5, 5.41) is 10.00. The molecule has 136 valence electrons. The number of β-amino-alcohol motifs (C(OH)–C–C–N with tert-alkyl or cyclic N) is 1. The number of ether oxygens (including phenoxy) is 2. The number of nitrogens with zero attached hydrogens (tertiary/aromatic N) is 1. The van der Waals surface area contributed by atoms with Crippen LogP contribution in [-0.4, -0.2) is 55.6 Å². The molecular formula is C17H24F3NO3. The summed E-state index contributed by atoms with van der Waals surface area (Å²) in [5.41, 5.74) is 0.914. The second kappa shape index (κ2) is 8.69. The lowest BCUT2D eigenvalue weighted by atomic mass is 9.97. The number of piperidine rings is 1. The van der Waals surface area contributed by atoms with Crippen molar-refractivity contribution in [1.82, 2.24) is 4.90 Å². The van der Waals surface area contributed by atoms with Gasteiger partial charge in [0, 0.05) is 13.1 Å². The number of halogens is 3. The van der Waals surface area contributed by atoms with Crippen molar-refractivity contribution in [3.8, 4) is 5.75 Å². The molecular weight excluding hydrogens is 323 g/mol. The van der Waals surface area contributed by atoms with Gasteiger partial charge < -0.3 is 19.5 Å². The van der Waals surface area contributed by atoms with Gasteiger partial charge in [-0.1, -0.05) is 12.1 Å². The molecule has 4 nitrogen and oxygen atoms in total. The average Bonchev–Trinajstić information content (AvgIpc) is 2.54. The second-order valence-electron chi connectivity index (χ2n) is 6.16. The number of aliphatic hydroxyl groups excluding tert-OH is 1. The van der Waals surface area contributed by atoms with Crippen LogP contribution in [0.4, 0.5) is 13.2 Å². The lowest BCUT2D eigenvalue weighted by Gasteiger charge is -2.34. The van der Waals surface area contributed by atoms with Gasteiger partial charge in [0.2, 0.25) is 0 Å². The lowest BCUT2D eigenvalue weighted by Crippen LogP contribution is -2.45. The van der Waals surface area contributed by atoms with E-state index < -0.39 is 18.2 Å². The first-order valence-corrected chi connectivity index (χ1v) is 8.06. The van der Waals surface area contributed by atoms with E-state index in [-0.39, 0.29) is 26.1 Å². The maximum atomic E-state index is 12.8. The lowest BCUT2D eigenvalue weighted by molar-refractivity contribution is -0.187. The molecule has 0 amide bonds. The van der Waals surface area contributed by atoms with E-state index in [1.165, 1.54) is 0 Å². The zero-order chi connectivity index (χ0) is 17.6. The van der Waals surface area contributed by atoms with Gasteiger partial charge in [0.25, 0.3) is 0 Å². The first-order chi connectivity index (χ1) is 11.4. The summed E-state index contributed by atoms with van der Waals surface area (Å²) in [6, 6.07) is 7.39. The Morgan fingerprint density at radius 3 is 2.88 bits per heavy atom. The van der Waals surface area contributed by atoms with Gasteiger partial charge in [-0.25, -0.2) is 0 Å². The van der Waals surface area contributed by atoms with Gasteiger partial charge in [-0.3, -0.25) is 0 Å². The molecule has 0 aromatic heterocycles. The van der Waals surface area contributed by atoms with E-state index in [1.54, 1.807) is 12.0 Å². The minimum absolute atomic E-state index is 0.0452. The number of benzene rings is 1. The molecule has 24 heavy (non-hydrogen) atoms. The van der Waals surface area contributed by atoms with Crippen LogP contribution in [0.5, 0.6) is 5.75 Å². The Morgan fingerprint density at radius 2 is 2.17 bits per heavy atom. The SMILES string of the molecule is COc1cccc(COC[C@@H](O)CN2CCC[C@H](C(F)(F)F)C2)c1. The summed E-state index contributed by atoms with van der Waals surface area (Å²) in [6.07, 6.45) is -4.29. The molecule has 1 heterocycles. The molecule has 1 aliphatic heterocycles. The summed E-state index contributed by atoms with van der Waals surface area (Å²) in [7, 11) is 1.58. The molecule has 2 rings (SSSR count). The van der Waals surface area contributed by atoms with Crippen LogP contribution >= 0.6 is 0 Å². The zero-order valence-corrected chi connectivity index (χ0v) is 13.8. The van der Waals surface area contributed by atoms with Crippen molar-refractivity contribution in [2.45, 2.75) is 31.7 Å². The quantitative estimate of drug-likeness (QED) is 0.824. The fraction of sp³-hybridized carbons (Fsp3) is 0.647. The number of methoxy groups -OCH3 is 1. The number of aliphatic hydroxyl groups is 1. The standard InChI is InChI=1S/C17H24F3NO3/c1-23-16-6-2-4-13(8-16)11-24-12-15(22)10-21-7-3-5-14(9-21)17(18,19)20/h2,4,6,8,14-15,22H,3,5,7,9-12H2,1H3/t14-,15-/m0/s1. The Hall–Kier alpha value is -1.31. The molecule has 1 aromatic rings. The van der Waals surface area contributed by atoms with E-state index in [0.717, 1.165) is 11.3 Å². The average molecular weight is 347 g/mol. The number of hydrogen-bond donors (Lipinski definition) is 1. The van der Waals surface area contributed by atoms with Gasteiger partial charge in [0.15, 0.2) is 0 Å². The predicted octanol–water partition coefficient (Wildman–Crippen LogP) is 2.85. The van der Waals surface area contributed by atoms with Crippen LogP contribution in [0.15, 0.2) is 24.3 Å². The second-order valence-corrected chi connectivity index (χ2v) is 6.16. The van der Waals surface area contributed by atoms with Crippen LogP contribution in [0.3, 0.4) is 0 Å². The van der Waals surface area contributed by atoms with Gasteiger partial charge in [0.1, 0.15) is 5.75 Å². The van der Waals surface area contributed by atoms with Gasteiger partial charge in [-0.2, -0.15) is 13.2 Å². The summed E-state index contributed by atoms with van der Waals surface area (Å²) < 4.78 is 48.9. The smallest absolute Gasteiger partial charge is 0.393 e. The third kappa shape index (κ3) is 5.96. The summed E-state index contributed by atoms with van der Waals surface area (Å²) >= 11 is 0. The zero-order valence-electron chi connectivity index (χ0n) is 13.8. The highest BCUT2D eigenvalue weighted by Gasteiger charge is 2.41. The highest BCUT2D eigenvalue weighted by atomic mass is 19.4.